The molecular weight excluding hydrogens is 300 g/mol. The lowest BCUT2D eigenvalue weighted by Crippen LogP contribution is -2.34. The summed E-state index contributed by atoms with van der Waals surface area (Å²) in [6.45, 7) is 5.87. The predicted molar refractivity (Wildman–Crippen MR) is 81.1 cm³/mol. The van der Waals surface area contributed by atoms with Crippen LogP contribution in [0.3, 0.4) is 0 Å². The number of halogens is 1. The fourth-order valence-corrected chi connectivity index (χ4v) is 3.42. The number of hydrogen-bond acceptors (Lipinski definition) is 4. The second-order valence-electron chi connectivity index (χ2n) is 5.96. The van der Waals surface area contributed by atoms with Crippen LogP contribution in [-0.4, -0.2) is 26.2 Å². The van der Waals surface area contributed by atoms with Crippen LogP contribution >= 0.6 is 11.6 Å². The van der Waals surface area contributed by atoms with E-state index in [1.54, 1.807) is 0 Å². The van der Waals surface area contributed by atoms with Crippen molar-refractivity contribution in [1.82, 2.24) is 4.72 Å². The first-order chi connectivity index (χ1) is 9.01. The van der Waals surface area contributed by atoms with Gasteiger partial charge in [-0.2, -0.15) is 0 Å². The maximum Gasteiger partial charge on any atom is 0.242 e. The highest BCUT2D eigenvalue weighted by Crippen LogP contribution is 2.24. The summed E-state index contributed by atoms with van der Waals surface area (Å²) in [6, 6.07) is 4.18. The Labute approximate surface area is 125 Å². The predicted octanol–water partition coefficient (Wildman–Crippen LogP) is 2.00. The molecule has 0 spiro atoms. The Hall–Kier alpha value is -0.820. The summed E-state index contributed by atoms with van der Waals surface area (Å²) in [6.07, 6.45) is -0.261. The summed E-state index contributed by atoms with van der Waals surface area (Å²) in [5, 5.41) is 9.89. The number of nitrogens with one attached hydrogen (secondary N) is 1. The molecule has 0 aromatic heterocycles. The van der Waals surface area contributed by atoms with Crippen LogP contribution in [-0.2, 0) is 10.0 Å². The van der Waals surface area contributed by atoms with Crippen LogP contribution in [0, 0.1) is 5.41 Å². The minimum absolute atomic E-state index is 0.0451. The number of anilines is 1. The third-order valence-electron chi connectivity index (χ3n) is 2.60. The maximum atomic E-state index is 12.1. The van der Waals surface area contributed by atoms with Gasteiger partial charge in [-0.3, -0.25) is 0 Å². The number of aliphatic hydroxyl groups excluding tert-OH is 1. The quantitative estimate of drug-likeness (QED) is 0.723. The summed E-state index contributed by atoms with van der Waals surface area (Å²) >= 11 is 5.87. The van der Waals surface area contributed by atoms with Crippen LogP contribution in [0.25, 0.3) is 0 Å². The smallest absolute Gasteiger partial charge is 0.242 e. The summed E-state index contributed by atoms with van der Waals surface area (Å²) < 4.78 is 26.5. The van der Waals surface area contributed by atoms with Gasteiger partial charge in [0.2, 0.25) is 10.0 Å². The van der Waals surface area contributed by atoms with Crippen LogP contribution < -0.4 is 10.5 Å². The van der Waals surface area contributed by atoms with E-state index in [1.165, 1.54) is 18.2 Å². The van der Waals surface area contributed by atoms with Gasteiger partial charge in [0.1, 0.15) is 4.90 Å². The van der Waals surface area contributed by atoms with Gasteiger partial charge in [0, 0.05) is 12.2 Å². The molecule has 0 aliphatic carbocycles. The van der Waals surface area contributed by atoms with Crippen molar-refractivity contribution in [3.8, 4) is 0 Å². The van der Waals surface area contributed by atoms with Crippen molar-refractivity contribution in [3.63, 3.8) is 0 Å². The number of benzene rings is 1. The normalized spacial score (nSPS) is 14.2. The Morgan fingerprint density at radius 2 is 2.00 bits per heavy atom. The molecule has 0 fully saturated rings. The van der Waals surface area contributed by atoms with Crippen molar-refractivity contribution in [2.45, 2.75) is 38.2 Å². The van der Waals surface area contributed by atoms with E-state index in [1.807, 2.05) is 20.8 Å². The average Bonchev–Trinajstić information content (AvgIpc) is 2.23. The van der Waals surface area contributed by atoms with Crippen molar-refractivity contribution in [1.29, 1.82) is 0 Å². The van der Waals surface area contributed by atoms with Gasteiger partial charge < -0.3 is 10.8 Å². The molecule has 0 aliphatic rings. The average molecular weight is 321 g/mol. The number of rotatable bonds is 5. The fourth-order valence-electron chi connectivity index (χ4n) is 1.80. The Morgan fingerprint density at radius 1 is 1.40 bits per heavy atom. The number of sulfonamides is 1. The van der Waals surface area contributed by atoms with Gasteiger partial charge in [0.05, 0.1) is 11.1 Å². The van der Waals surface area contributed by atoms with Crippen molar-refractivity contribution in [3.05, 3.63) is 23.2 Å². The molecule has 114 valence electrons. The van der Waals surface area contributed by atoms with E-state index in [9.17, 15) is 13.5 Å². The molecule has 20 heavy (non-hydrogen) atoms. The largest absolute Gasteiger partial charge is 0.399 e. The molecule has 0 saturated heterocycles. The molecule has 5 nitrogen and oxygen atoms in total. The van der Waals surface area contributed by atoms with Crippen molar-refractivity contribution in [2.75, 3.05) is 12.3 Å². The van der Waals surface area contributed by atoms with Gasteiger partial charge in [0.25, 0.3) is 0 Å². The van der Waals surface area contributed by atoms with Crippen LogP contribution in [0.1, 0.15) is 27.2 Å². The van der Waals surface area contributed by atoms with E-state index >= 15 is 0 Å². The van der Waals surface area contributed by atoms with Gasteiger partial charge in [-0.25, -0.2) is 13.1 Å². The summed E-state index contributed by atoms with van der Waals surface area (Å²) in [7, 11) is -3.76. The zero-order chi connectivity index (χ0) is 15.6. The van der Waals surface area contributed by atoms with Gasteiger partial charge in [-0.05, 0) is 30.0 Å². The number of aliphatic hydroxyl groups is 1. The summed E-state index contributed by atoms with van der Waals surface area (Å²) in [5.74, 6) is 0. The van der Waals surface area contributed by atoms with Crippen molar-refractivity contribution >= 4 is 27.3 Å². The van der Waals surface area contributed by atoms with Crippen molar-refractivity contribution < 1.29 is 13.5 Å². The zero-order valence-electron chi connectivity index (χ0n) is 11.9. The lowest BCUT2D eigenvalue weighted by Gasteiger charge is -2.22. The van der Waals surface area contributed by atoms with Gasteiger partial charge in [0.15, 0.2) is 0 Å². The Balaban J connectivity index is 2.76. The maximum absolute atomic E-state index is 12.1. The van der Waals surface area contributed by atoms with Crippen LogP contribution in [0.4, 0.5) is 5.69 Å². The second kappa shape index (κ2) is 6.30. The lowest BCUT2D eigenvalue weighted by molar-refractivity contribution is 0.125. The molecule has 1 aromatic carbocycles. The molecule has 1 unspecified atom stereocenters. The monoisotopic (exact) mass is 320 g/mol. The topological polar surface area (TPSA) is 92.4 Å². The van der Waals surface area contributed by atoms with Gasteiger partial charge in [-0.1, -0.05) is 32.4 Å². The molecule has 1 atom stereocenters. The molecule has 0 bridgehead atoms. The molecule has 1 rings (SSSR count). The third-order valence-corrected chi connectivity index (χ3v) is 4.51. The van der Waals surface area contributed by atoms with Crippen LogP contribution in [0.15, 0.2) is 23.1 Å². The first-order valence-electron chi connectivity index (χ1n) is 6.24. The highest BCUT2D eigenvalue weighted by atomic mass is 35.5. The summed E-state index contributed by atoms with van der Waals surface area (Å²) in [5.41, 5.74) is 5.83. The van der Waals surface area contributed by atoms with E-state index in [0.717, 1.165) is 0 Å². The van der Waals surface area contributed by atoms with E-state index in [0.29, 0.717) is 12.1 Å². The van der Waals surface area contributed by atoms with Crippen LogP contribution in [0.5, 0.6) is 0 Å². The molecule has 7 heteroatoms. The minimum Gasteiger partial charge on any atom is -0.399 e. The second-order valence-corrected chi connectivity index (χ2v) is 8.10. The zero-order valence-corrected chi connectivity index (χ0v) is 13.4. The lowest BCUT2D eigenvalue weighted by atomic mass is 9.89. The fraction of sp³-hybridized carbons (Fsp3) is 0.538. The van der Waals surface area contributed by atoms with Crippen molar-refractivity contribution in [2.24, 2.45) is 5.41 Å². The SMILES string of the molecule is CC(C)(C)CC(O)CNS(=O)(=O)c1ccc(N)cc1Cl. The molecule has 1 aromatic rings. The highest BCUT2D eigenvalue weighted by molar-refractivity contribution is 7.89. The van der Waals surface area contributed by atoms with E-state index < -0.39 is 16.1 Å². The Morgan fingerprint density at radius 3 is 2.50 bits per heavy atom. The van der Waals surface area contributed by atoms with Gasteiger partial charge in [-0.15, -0.1) is 0 Å². The number of nitrogen functional groups attached to an aromatic ring is 1. The molecule has 0 aliphatic heterocycles. The number of nitrogens with two attached hydrogens (primary N) is 1. The molecule has 4 N–H and O–H groups in total. The molecule has 0 heterocycles. The van der Waals surface area contributed by atoms with Crippen LogP contribution in [0.2, 0.25) is 5.02 Å². The highest BCUT2D eigenvalue weighted by Gasteiger charge is 2.21. The third kappa shape index (κ3) is 5.28. The van der Waals surface area contributed by atoms with Gasteiger partial charge >= 0.3 is 0 Å². The summed E-state index contributed by atoms with van der Waals surface area (Å²) in [4.78, 5) is -0.0451. The molecule has 0 radical (unpaired) electrons. The first kappa shape index (κ1) is 17.2. The molecule has 0 saturated carbocycles. The minimum atomic E-state index is -3.76. The Bertz CT molecular complexity index is 567. The standard InChI is InChI=1S/C13H21ClN2O3S/c1-13(2,3)7-10(17)8-16-20(18,19)12-5-4-9(15)6-11(12)14/h4-6,10,16-17H,7-8,15H2,1-3H3. The van der Waals surface area contributed by atoms with E-state index in [-0.39, 0.29) is 21.9 Å². The molecule has 0 amide bonds. The first-order valence-corrected chi connectivity index (χ1v) is 8.10. The molecular formula is C13H21ClN2O3S. The van der Waals surface area contributed by atoms with E-state index in [2.05, 4.69) is 4.72 Å². The number of hydrogen-bond donors (Lipinski definition) is 3. The van der Waals surface area contributed by atoms with E-state index in [4.69, 9.17) is 17.3 Å². The Kier molecular flexibility index (Phi) is 5.43.